The Labute approximate surface area is 97.6 Å². The summed E-state index contributed by atoms with van der Waals surface area (Å²) in [5.41, 5.74) is 0. The second kappa shape index (κ2) is 7.22. The second-order valence-corrected chi connectivity index (χ2v) is 4.70. The van der Waals surface area contributed by atoms with Crippen LogP contribution >= 0.6 is 0 Å². The minimum absolute atomic E-state index is 0.0440. The first-order valence-corrected chi connectivity index (χ1v) is 6.17. The van der Waals surface area contributed by atoms with Crippen LogP contribution in [0.2, 0.25) is 0 Å². The molecule has 1 fully saturated rings. The summed E-state index contributed by atoms with van der Waals surface area (Å²) >= 11 is 0. The molecule has 0 aromatic heterocycles. The minimum Gasteiger partial charge on any atom is -0.394 e. The molecule has 0 saturated heterocycles. The molecular formula is C12H24O4. The van der Waals surface area contributed by atoms with Gasteiger partial charge in [0.15, 0.2) is 0 Å². The Bertz CT molecular complexity index is 178. The predicted molar refractivity (Wildman–Crippen MR) is 61.3 cm³/mol. The summed E-state index contributed by atoms with van der Waals surface area (Å²) in [5.74, 6) is 0. The zero-order valence-corrected chi connectivity index (χ0v) is 10.3. The van der Waals surface area contributed by atoms with Gasteiger partial charge >= 0.3 is 0 Å². The molecule has 0 aromatic rings. The number of aliphatic hydroxyl groups is 2. The molecule has 2 atom stereocenters. The molecule has 1 rings (SSSR count). The van der Waals surface area contributed by atoms with Gasteiger partial charge in [-0.15, -0.1) is 0 Å². The lowest BCUT2D eigenvalue weighted by Crippen LogP contribution is -2.30. The van der Waals surface area contributed by atoms with E-state index in [1.165, 1.54) is 0 Å². The van der Waals surface area contributed by atoms with Crippen molar-refractivity contribution in [3.63, 3.8) is 0 Å². The van der Waals surface area contributed by atoms with Crippen molar-refractivity contribution in [2.75, 3.05) is 13.2 Å². The highest BCUT2D eigenvalue weighted by atomic mass is 16.5. The largest absolute Gasteiger partial charge is 0.394 e. The number of rotatable bonds is 6. The van der Waals surface area contributed by atoms with Gasteiger partial charge in [0.05, 0.1) is 37.6 Å². The zero-order chi connectivity index (χ0) is 12.0. The van der Waals surface area contributed by atoms with Crippen LogP contribution in [0.3, 0.4) is 0 Å². The van der Waals surface area contributed by atoms with Gasteiger partial charge in [-0.25, -0.2) is 0 Å². The van der Waals surface area contributed by atoms with Crippen molar-refractivity contribution in [1.29, 1.82) is 0 Å². The molecule has 1 saturated carbocycles. The fraction of sp³-hybridized carbons (Fsp3) is 1.00. The average molecular weight is 232 g/mol. The predicted octanol–water partition coefficient (Wildman–Crippen LogP) is 1.09. The molecule has 0 aliphatic heterocycles. The van der Waals surface area contributed by atoms with Crippen LogP contribution in [0, 0.1) is 0 Å². The average Bonchev–Trinajstić information content (AvgIpc) is 2.29. The molecule has 2 N–H and O–H groups in total. The Morgan fingerprint density at radius 2 is 1.75 bits per heavy atom. The van der Waals surface area contributed by atoms with E-state index >= 15 is 0 Å². The minimum atomic E-state index is -0.138. The molecule has 1 aliphatic rings. The number of hydrogen-bond acceptors (Lipinski definition) is 4. The van der Waals surface area contributed by atoms with Crippen molar-refractivity contribution in [2.45, 2.75) is 63.9 Å². The monoisotopic (exact) mass is 232 g/mol. The molecule has 0 bridgehead atoms. The van der Waals surface area contributed by atoms with Crippen molar-refractivity contribution >= 4 is 0 Å². The summed E-state index contributed by atoms with van der Waals surface area (Å²) in [7, 11) is 0. The number of aliphatic hydroxyl groups excluding tert-OH is 2. The van der Waals surface area contributed by atoms with E-state index in [4.69, 9.17) is 14.6 Å². The molecule has 4 nitrogen and oxygen atoms in total. The summed E-state index contributed by atoms with van der Waals surface area (Å²) in [6.45, 7) is 4.38. The van der Waals surface area contributed by atoms with Gasteiger partial charge in [0, 0.05) is 0 Å². The fourth-order valence-electron chi connectivity index (χ4n) is 1.90. The van der Waals surface area contributed by atoms with Crippen molar-refractivity contribution < 1.29 is 19.7 Å². The zero-order valence-electron chi connectivity index (χ0n) is 10.3. The van der Waals surface area contributed by atoms with Gasteiger partial charge in [0.25, 0.3) is 0 Å². The number of ether oxygens (including phenoxy) is 2. The van der Waals surface area contributed by atoms with Crippen LogP contribution in [0.15, 0.2) is 0 Å². The standard InChI is InChI=1S/C12H24O4/c1-9(7-13)15-8-10(2)16-12-5-3-11(14)4-6-12/h9-14H,3-8H2,1-2H3. The first-order valence-electron chi connectivity index (χ1n) is 6.17. The summed E-state index contributed by atoms with van der Waals surface area (Å²) in [6, 6.07) is 0. The molecule has 0 amide bonds. The van der Waals surface area contributed by atoms with E-state index in [9.17, 15) is 5.11 Å². The van der Waals surface area contributed by atoms with Crippen LogP contribution in [0.25, 0.3) is 0 Å². The fourth-order valence-corrected chi connectivity index (χ4v) is 1.90. The van der Waals surface area contributed by atoms with Crippen molar-refractivity contribution in [1.82, 2.24) is 0 Å². The van der Waals surface area contributed by atoms with Crippen molar-refractivity contribution in [3.8, 4) is 0 Å². The quantitative estimate of drug-likeness (QED) is 0.720. The summed E-state index contributed by atoms with van der Waals surface area (Å²) < 4.78 is 11.2. The molecule has 2 unspecified atom stereocenters. The summed E-state index contributed by atoms with van der Waals surface area (Å²) in [6.07, 6.45) is 3.58. The first kappa shape index (κ1) is 13.9. The summed E-state index contributed by atoms with van der Waals surface area (Å²) in [5, 5.41) is 18.2. The van der Waals surface area contributed by atoms with E-state index in [1.54, 1.807) is 0 Å². The number of hydrogen-bond donors (Lipinski definition) is 2. The van der Waals surface area contributed by atoms with Gasteiger partial charge in [0.2, 0.25) is 0 Å². The normalized spacial score (nSPS) is 30.0. The first-order chi connectivity index (χ1) is 7.61. The van der Waals surface area contributed by atoms with Gasteiger partial charge in [-0.3, -0.25) is 0 Å². The van der Waals surface area contributed by atoms with E-state index in [2.05, 4.69) is 0 Å². The van der Waals surface area contributed by atoms with E-state index in [0.717, 1.165) is 25.7 Å². The smallest absolute Gasteiger partial charge is 0.0784 e. The lowest BCUT2D eigenvalue weighted by molar-refractivity contribution is -0.0880. The lowest BCUT2D eigenvalue weighted by Gasteiger charge is -2.28. The van der Waals surface area contributed by atoms with Gasteiger partial charge in [-0.1, -0.05) is 0 Å². The van der Waals surface area contributed by atoms with E-state index in [0.29, 0.717) is 6.61 Å². The third-order valence-electron chi connectivity index (χ3n) is 2.94. The molecule has 0 radical (unpaired) electrons. The summed E-state index contributed by atoms with van der Waals surface area (Å²) in [4.78, 5) is 0. The van der Waals surface area contributed by atoms with Crippen molar-refractivity contribution in [2.24, 2.45) is 0 Å². The lowest BCUT2D eigenvalue weighted by atomic mass is 9.95. The highest BCUT2D eigenvalue weighted by molar-refractivity contribution is 4.72. The second-order valence-electron chi connectivity index (χ2n) is 4.70. The van der Waals surface area contributed by atoms with Crippen LogP contribution in [0.4, 0.5) is 0 Å². The van der Waals surface area contributed by atoms with Gasteiger partial charge in [-0.05, 0) is 39.5 Å². The molecule has 0 heterocycles. The Balaban J connectivity index is 2.11. The Kier molecular flexibility index (Phi) is 6.28. The Morgan fingerprint density at radius 1 is 1.12 bits per heavy atom. The van der Waals surface area contributed by atoms with Crippen LogP contribution in [-0.4, -0.2) is 47.8 Å². The maximum Gasteiger partial charge on any atom is 0.0784 e. The van der Waals surface area contributed by atoms with Crippen LogP contribution in [0.5, 0.6) is 0 Å². The molecule has 16 heavy (non-hydrogen) atoms. The maximum absolute atomic E-state index is 9.36. The van der Waals surface area contributed by atoms with E-state index in [-0.39, 0.29) is 31.0 Å². The Hall–Kier alpha value is -0.160. The SMILES string of the molecule is CC(CO)OCC(C)OC1CCC(O)CC1. The van der Waals surface area contributed by atoms with Crippen LogP contribution in [-0.2, 0) is 9.47 Å². The highest BCUT2D eigenvalue weighted by Crippen LogP contribution is 2.22. The topological polar surface area (TPSA) is 58.9 Å². The molecule has 96 valence electrons. The van der Waals surface area contributed by atoms with Crippen LogP contribution < -0.4 is 0 Å². The molecule has 0 spiro atoms. The third-order valence-corrected chi connectivity index (χ3v) is 2.94. The van der Waals surface area contributed by atoms with Gasteiger partial charge < -0.3 is 19.7 Å². The van der Waals surface area contributed by atoms with Crippen molar-refractivity contribution in [3.05, 3.63) is 0 Å². The van der Waals surface area contributed by atoms with E-state index in [1.807, 2.05) is 13.8 Å². The van der Waals surface area contributed by atoms with Crippen LogP contribution in [0.1, 0.15) is 39.5 Å². The molecule has 1 aliphatic carbocycles. The Morgan fingerprint density at radius 3 is 2.31 bits per heavy atom. The molecule has 0 aromatic carbocycles. The molecular weight excluding hydrogens is 208 g/mol. The maximum atomic E-state index is 9.36. The van der Waals surface area contributed by atoms with Gasteiger partial charge in [0.1, 0.15) is 0 Å². The van der Waals surface area contributed by atoms with Gasteiger partial charge in [-0.2, -0.15) is 0 Å². The van der Waals surface area contributed by atoms with E-state index < -0.39 is 0 Å². The third kappa shape index (κ3) is 5.25. The molecule has 4 heteroatoms. The highest BCUT2D eigenvalue weighted by Gasteiger charge is 2.21.